The molecular formula is C17H16N2OS. The third kappa shape index (κ3) is 3.47. The smallest absolute Gasteiger partial charge is 0.119 e. The van der Waals surface area contributed by atoms with Crippen molar-refractivity contribution in [3.8, 4) is 5.75 Å². The van der Waals surface area contributed by atoms with E-state index in [1.165, 1.54) is 10.8 Å². The van der Waals surface area contributed by atoms with Crippen molar-refractivity contribution < 1.29 is 4.74 Å². The Bertz CT molecular complexity index is 745. The Morgan fingerprint density at radius 1 is 1.05 bits per heavy atom. The first-order valence-electron chi connectivity index (χ1n) is 6.77. The van der Waals surface area contributed by atoms with Gasteiger partial charge in [0.1, 0.15) is 5.75 Å². The second-order valence-electron chi connectivity index (χ2n) is 4.62. The number of ether oxygens (including phenoxy) is 1. The summed E-state index contributed by atoms with van der Waals surface area (Å²) in [6.45, 7) is 0.644. The van der Waals surface area contributed by atoms with Gasteiger partial charge in [0.2, 0.25) is 0 Å². The van der Waals surface area contributed by atoms with Crippen LogP contribution in [0, 0.1) is 0 Å². The summed E-state index contributed by atoms with van der Waals surface area (Å²) < 4.78 is 5.80. The molecule has 106 valence electrons. The number of thioether (sulfide) groups is 1. The summed E-state index contributed by atoms with van der Waals surface area (Å²) in [5.41, 5.74) is 6.57. The van der Waals surface area contributed by atoms with E-state index >= 15 is 0 Å². The van der Waals surface area contributed by atoms with Gasteiger partial charge in [0.25, 0.3) is 0 Å². The summed E-state index contributed by atoms with van der Waals surface area (Å²) in [6.07, 6.45) is 3.43. The van der Waals surface area contributed by atoms with Crippen molar-refractivity contribution in [1.29, 1.82) is 0 Å². The second-order valence-corrected chi connectivity index (χ2v) is 5.76. The molecule has 21 heavy (non-hydrogen) atoms. The van der Waals surface area contributed by atoms with Gasteiger partial charge in [-0.25, -0.2) is 0 Å². The minimum absolute atomic E-state index is 0.644. The highest BCUT2D eigenvalue weighted by Crippen LogP contribution is 2.24. The molecule has 0 aliphatic rings. The van der Waals surface area contributed by atoms with Crippen LogP contribution in [0.2, 0.25) is 0 Å². The lowest BCUT2D eigenvalue weighted by molar-refractivity contribution is 0.344. The van der Waals surface area contributed by atoms with Gasteiger partial charge in [0, 0.05) is 16.8 Å². The van der Waals surface area contributed by atoms with Gasteiger partial charge in [-0.1, -0.05) is 30.3 Å². The van der Waals surface area contributed by atoms with Crippen LogP contribution in [0.5, 0.6) is 5.75 Å². The van der Waals surface area contributed by atoms with Crippen LogP contribution in [0.3, 0.4) is 0 Å². The first kappa shape index (κ1) is 13.8. The van der Waals surface area contributed by atoms with E-state index < -0.39 is 0 Å². The van der Waals surface area contributed by atoms with Crippen molar-refractivity contribution in [3.05, 3.63) is 60.9 Å². The molecule has 0 saturated carbocycles. The normalized spacial score (nSPS) is 10.7. The van der Waals surface area contributed by atoms with E-state index in [0.29, 0.717) is 12.3 Å². The SMILES string of the molecule is Nc1cnccc1SCCOc1ccc2ccccc2c1. The van der Waals surface area contributed by atoms with Gasteiger partial charge >= 0.3 is 0 Å². The van der Waals surface area contributed by atoms with Gasteiger partial charge in [-0.05, 0) is 29.0 Å². The summed E-state index contributed by atoms with van der Waals surface area (Å²) in [4.78, 5) is 5.03. The maximum Gasteiger partial charge on any atom is 0.119 e. The van der Waals surface area contributed by atoms with Crippen molar-refractivity contribution in [2.45, 2.75) is 4.90 Å². The molecule has 0 atom stereocenters. The number of fused-ring (bicyclic) bond motifs is 1. The molecule has 0 saturated heterocycles. The first-order valence-corrected chi connectivity index (χ1v) is 7.75. The van der Waals surface area contributed by atoms with Crippen molar-refractivity contribution >= 4 is 28.2 Å². The van der Waals surface area contributed by atoms with Crippen molar-refractivity contribution in [3.63, 3.8) is 0 Å². The Morgan fingerprint density at radius 2 is 1.90 bits per heavy atom. The monoisotopic (exact) mass is 296 g/mol. The molecule has 3 aromatic rings. The van der Waals surface area contributed by atoms with Gasteiger partial charge in [-0.2, -0.15) is 0 Å². The van der Waals surface area contributed by atoms with E-state index in [9.17, 15) is 0 Å². The van der Waals surface area contributed by atoms with Crippen LogP contribution in [-0.4, -0.2) is 17.3 Å². The van der Waals surface area contributed by atoms with Crippen molar-refractivity contribution in [2.24, 2.45) is 0 Å². The lowest BCUT2D eigenvalue weighted by atomic mass is 10.1. The fraction of sp³-hybridized carbons (Fsp3) is 0.118. The molecule has 0 aliphatic carbocycles. The van der Waals surface area contributed by atoms with E-state index in [0.717, 1.165) is 16.4 Å². The maximum absolute atomic E-state index is 5.85. The quantitative estimate of drug-likeness (QED) is 0.571. The van der Waals surface area contributed by atoms with E-state index in [1.807, 2.05) is 24.3 Å². The molecule has 0 spiro atoms. The lowest BCUT2D eigenvalue weighted by Crippen LogP contribution is -2.00. The van der Waals surface area contributed by atoms with Gasteiger partial charge in [-0.15, -0.1) is 11.8 Å². The zero-order valence-corrected chi connectivity index (χ0v) is 12.3. The van der Waals surface area contributed by atoms with Crippen LogP contribution < -0.4 is 10.5 Å². The standard InChI is InChI=1S/C17H16N2OS/c18-16-12-19-8-7-17(16)21-10-9-20-15-6-5-13-3-1-2-4-14(13)11-15/h1-8,11-12H,9-10,18H2. The zero-order valence-electron chi connectivity index (χ0n) is 11.5. The zero-order chi connectivity index (χ0) is 14.5. The summed E-state index contributed by atoms with van der Waals surface area (Å²) in [5, 5.41) is 2.42. The number of nitrogens with two attached hydrogens (primary N) is 1. The van der Waals surface area contributed by atoms with Gasteiger partial charge < -0.3 is 10.5 Å². The minimum Gasteiger partial charge on any atom is -0.493 e. The van der Waals surface area contributed by atoms with Crippen LogP contribution in [0.25, 0.3) is 10.8 Å². The Morgan fingerprint density at radius 3 is 2.76 bits per heavy atom. The minimum atomic E-state index is 0.644. The fourth-order valence-corrected chi connectivity index (χ4v) is 2.86. The van der Waals surface area contributed by atoms with E-state index in [4.69, 9.17) is 10.5 Å². The topological polar surface area (TPSA) is 48.1 Å². The molecule has 2 N–H and O–H groups in total. The highest BCUT2D eigenvalue weighted by Gasteiger charge is 2.00. The number of hydrogen-bond acceptors (Lipinski definition) is 4. The molecule has 0 aliphatic heterocycles. The Kier molecular flexibility index (Phi) is 4.26. The van der Waals surface area contributed by atoms with Gasteiger partial charge in [0.15, 0.2) is 0 Å². The summed E-state index contributed by atoms with van der Waals surface area (Å²) in [5.74, 6) is 1.75. The number of nitrogens with zero attached hydrogens (tertiary/aromatic N) is 1. The molecule has 0 fully saturated rings. The van der Waals surface area contributed by atoms with E-state index in [2.05, 4.69) is 29.2 Å². The third-order valence-corrected chi connectivity index (χ3v) is 4.19. The van der Waals surface area contributed by atoms with Crippen molar-refractivity contribution in [2.75, 3.05) is 18.1 Å². The molecule has 3 nitrogen and oxygen atoms in total. The average Bonchev–Trinajstić information content (AvgIpc) is 2.53. The molecule has 3 rings (SSSR count). The summed E-state index contributed by atoms with van der Waals surface area (Å²) in [7, 11) is 0. The summed E-state index contributed by atoms with van der Waals surface area (Å²) >= 11 is 1.68. The number of rotatable bonds is 5. The molecule has 0 bridgehead atoms. The highest BCUT2D eigenvalue weighted by molar-refractivity contribution is 7.99. The van der Waals surface area contributed by atoms with Crippen LogP contribution >= 0.6 is 11.8 Å². The van der Waals surface area contributed by atoms with Gasteiger partial charge in [0.05, 0.1) is 18.5 Å². The van der Waals surface area contributed by atoms with Crippen molar-refractivity contribution in [1.82, 2.24) is 4.98 Å². The molecule has 1 aromatic heterocycles. The predicted octanol–water partition coefficient (Wildman–Crippen LogP) is 3.99. The maximum atomic E-state index is 5.85. The Hall–Kier alpha value is -2.20. The lowest BCUT2D eigenvalue weighted by Gasteiger charge is -2.08. The first-order chi connectivity index (χ1) is 10.3. The van der Waals surface area contributed by atoms with E-state index in [1.54, 1.807) is 24.2 Å². The van der Waals surface area contributed by atoms with Crippen LogP contribution in [-0.2, 0) is 0 Å². The second kappa shape index (κ2) is 6.50. The fourth-order valence-electron chi connectivity index (χ4n) is 2.09. The number of aromatic nitrogens is 1. The molecule has 1 heterocycles. The van der Waals surface area contributed by atoms with Crippen LogP contribution in [0.4, 0.5) is 5.69 Å². The number of benzene rings is 2. The number of nitrogen functional groups attached to an aromatic ring is 1. The molecule has 0 radical (unpaired) electrons. The number of hydrogen-bond donors (Lipinski definition) is 1. The Labute approximate surface area is 128 Å². The van der Waals surface area contributed by atoms with E-state index in [-0.39, 0.29) is 0 Å². The molecule has 2 aromatic carbocycles. The molecule has 0 amide bonds. The largest absolute Gasteiger partial charge is 0.493 e. The molecular weight excluding hydrogens is 280 g/mol. The molecule has 4 heteroatoms. The Balaban J connectivity index is 1.56. The molecule has 0 unspecified atom stereocenters. The third-order valence-electron chi connectivity index (χ3n) is 3.14. The average molecular weight is 296 g/mol. The number of pyridine rings is 1. The predicted molar refractivity (Wildman–Crippen MR) is 88.8 cm³/mol. The van der Waals surface area contributed by atoms with Crippen LogP contribution in [0.1, 0.15) is 0 Å². The van der Waals surface area contributed by atoms with Gasteiger partial charge in [-0.3, -0.25) is 4.98 Å². The van der Waals surface area contributed by atoms with Crippen LogP contribution in [0.15, 0.2) is 65.8 Å². The number of anilines is 1. The highest BCUT2D eigenvalue weighted by atomic mass is 32.2. The summed E-state index contributed by atoms with van der Waals surface area (Å²) in [6, 6.07) is 16.4.